The molecule has 0 spiro atoms. The Labute approximate surface area is 164 Å². The summed E-state index contributed by atoms with van der Waals surface area (Å²) in [5.74, 6) is 1.51. The number of hydrogen-bond donors (Lipinski definition) is 1. The molecule has 1 unspecified atom stereocenters. The average Bonchev–Trinajstić information content (AvgIpc) is 3.08. The van der Waals surface area contributed by atoms with Crippen LogP contribution in [0.2, 0.25) is 0 Å². The lowest BCUT2D eigenvalue weighted by Crippen LogP contribution is -2.06. The van der Waals surface area contributed by atoms with Crippen molar-refractivity contribution in [1.82, 2.24) is 19.5 Å². The summed E-state index contributed by atoms with van der Waals surface area (Å²) in [7, 11) is 1.67. The van der Waals surface area contributed by atoms with Crippen molar-refractivity contribution >= 4 is 0 Å². The van der Waals surface area contributed by atoms with E-state index < -0.39 is 0 Å². The van der Waals surface area contributed by atoms with Gasteiger partial charge in [-0.05, 0) is 56.1 Å². The first kappa shape index (κ1) is 19.7. The molecule has 0 bridgehead atoms. The molecule has 2 aromatic heterocycles. The van der Waals surface area contributed by atoms with Gasteiger partial charge in [-0.2, -0.15) is 5.26 Å². The van der Waals surface area contributed by atoms with Crippen molar-refractivity contribution < 1.29 is 4.74 Å². The number of methoxy groups -OCH3 is 1. The second-order valence-electron chi connectivity index (χ2n) is 6.66. The number of aryl methyl sites for hydroxylation is 1. The first-order valence-electron chi connectivity index (χ1n) is 9.16. The van der Waals surface area contributed by atoms with E-state index in [2.05, 4.69) is 21.0 Å². The number of aromatic nitrogens is 4. The van der Waals surface area contributed by atoms with E-state index in [0.29, 0.717) is 24.5 Å². The zero-order valence-electron chi connectivity index (χ0n) is 16.4. The number of nitriles is 1. The first-order valence-corrected chi connectivity index (χ1v) is 9.16. The molecule has 3 rings (SSSR count). The van der Waals surface area contributed by atoms with E-state index in [-0.39, 0.29) is 6.10 Å². The second-order valence-corrected chi connectivity index (χ2v) is 6.66. The molecule has 0 fully saturated rings. The summed E-state index contributed by atoms with van der Waals surface area (Å²) in [5.41, 5.74) is 9.93. The number of rotatable bonds is 7. The molecule has 1 aromatic carbocycles. The van der Waals surface area contributed by atoms with Gasteiger partial charge in [-0.3, -0.25) is 0 Å². The molecule has 0 aliphatic rings. The Hall–Kier alpha value is -3.08. The molecule has 0 amide bonds. The minimum absolute atomic E-state index is 0.0803. The number of nitrogens with zero attached hydrogens (tertiary/aromatic N) is 5. The van der Waals surface area contributed by atoms with Crippen LogP contribution in [0.3, 0.4) is 0 Å². The van der Waals surface area contributed by atoms with Crippen molar-refractivity contribution in [2.45, 2.75) is 32.9 Å². The molecule has 2 heterocycles. The van der Waals surface area contributed by atoms with Crippen molar-refractivity contribution in [3.05, 3.63) is 65.0 Å². The number of ether oxygens (including phenoxy) is 1. The number of hydrogen-bond acceptors (Lipinski definition) is 6. The van der Waals surface area contributed by atoms with Crippen molar-refractivity contribution in [1.29, 1.82) is 5.26 Å². The van der Waals surface area contributed by atoms with Crippen molar-refractivity contribution in [2.24, 2.45) is 5.73 Å². The van der Waals surface area contributed by atoms with Gasteiger partial charge in [0.05, 0.1) is 23.4 Å². The van der Waals surface area contributed by atoms with E-state index >= 15 is 0 Å². The maximum atomic E-state index is 9.32. The molecule has 144 valence electrons. The van der Waals surface area contributed by atoms with E-state index in [1.165, 1.54) is 0 Å². The molecule has 0 radical (unpaired) electrons. The fourth-order valence-corrected chi connectivity index (χ4v) is 3.00. The van der Waals surface area contributed by atoms with Crippen molar-refractivity contribution in [3.8, 4) is 17.5 Å². The highest BCUT2D eigenvalue weighted by Crippen LogP contribution is 2.24. The maximum absolute atomic E-state index is 9.32. The monoisotopic (exact) mass is 376 g/mol. The van der Waals surface area contributed by atoms with E-state index in [1.807, 2.05) is 36.7 Å². The largest absolute Gasteiger partial charge is 0.375 e. The van der Waals surface area contributed by atoms with Crippen LogP contribution in [-0.4, -0.2) is 33.2 Å². The quantitative estimate of drug-likeness (QED) is 0.680. The summed E-state index contributed by atoms with van der Waals surface area (Å²) >= 11 is 0. The van der Waals surface area contributed by atoms with Crippen LogP contribution >= 0.6 is 0 Å². The molecule has 3 aromatic rings. The Balaban J connectivity index is 1.98. The van der Waals surface area contributed by atoms with Gasteiger partial charge < -0.3 is 15.0 Å². The Morgan fingerprint density at radius 1 is 1.29 bits per heavy atom. The third-order valence-electron chi connectivity index (χ3n) is 4.72. The highest BCUT2D eigenvalue weighted by molar-refractivity contribution is 5.62. The second kappa shape index (κ2) is 8.74. The molecular weight excluding hydrogens is 352 g/mol. The van der Waals surface area contributed by atoms with Crippen LogP contribution in [0, 0.1) is 18.3 Å². The van der Waals surface area contributed by atoms with Crippen LogP contribution in [0.15, 0.2) is 36.8 Å². The van der Waals surface area contributed by atoms with Crippen molar-refractivity contribution in [3.63, 3.8) is 0 Å². The minimum atomic E-state index is -0.0803. The summed E-state index contributed by atoms with van der Waals surface area (Å²) in [6.07, 6.45) is 6.26. The minimum Gasteiger partial charge on any atom is -0.375 e. The molecule has 0 saturated heterocycles. The zero-order chi connectivity index (χ0) is 20.1. The Bertz CT molecular complexity index is 987. The SMILES string of the molecule is COC(C)c1cn(Cc2cc(C#N)ccc2-c2ncc(CCN)cn2)c(C)n1. The third-order valence-corrected chi connectivity index (χ3v) is 4.72. The normalized spacial score (nSPS) is 12.0. The Kier molecular flexibility index (Phi) is 6.14. The summed E-state index contributed by atoms with van der Waals surface area (Å²) in [4.78, 5) is 13.6. The van der Waals surface area contributed by atoms with Gasteiger partial charge in [0.15, 0.2) is 5.82 Å². The fourth-order valence-electron chi connectivity index (χ4n) is 3.00. The van der Waals surface area contributed by atoms with Crippen LogP contribution in [0.25, 0.3) is 11.4 Å². The van der Waals surface area contributed by atoms with Crippen LogP contribution in [-0.2, 0) is 17.7 Å². The van der Waals surface area contributed by atoms with Gasteiger partial charge in [-0.15, -0.1) is 0 Å². The molecule has 0 saturated carbocycles. The summed E-state index contributed by atoms with van der Waals surface area (Å²) in [5, 5.41) is 9.32. The van der Waals surface area contributed by atoms with Gasteiger partial charge >= 0.3 is 0 Å². The van der Waals surface area contributed by atoms with E-state index in [9.17, 15) is 5.26 Å². The van der Waals surface area contributed by atoms with Gasteiger partial charge in [0, 0.05) is 37.8 Å². The summed E-state index contributed by atoms with van der Waals surface area (Å²) < 4.78 is 7.42. The molecule has 7 nitrogen and oxygen atoms in total. The molecule has 2 N–H and O–H groups in total. The standard InChI is InChI=1S/C21H24N6O/c1-14(28-3)20-13-27(15(2)26-20)12-18-8-16(9-23)4-5-19(18)21-24-10-17(6-7-22)11-25-21/h4-5,8,10-11,13-14H,6-7,12,22H2,1-3H3. The van der Waals surface area contributed by atoms with E-state index in [4.69, 9.17) is 10.5 Å². The van der Waals surface area contributed by atoms with Crippen LogP contribution < -0.4 is 5.73 Å². The maximum Gasteiger partial charge on any atom is 0.159 e. The van der Waals surface area contributed by atoms with Gasteiger partial charge in [0.25, 0.3) is 0 Å². The number of nitrogens with two attached hydrogens (primary N) is 1. The molecular formula is C21H24N6O. The lowest BCUT2D eigenvalue weighted by molar-refractivity contribution is 0.116. The van der Waals surface area contributed by atoms with Gasteiger partial charge in [-0.25, -0.2) is 15.0 Å². The predicted octanol–water partition coefficient (Wildman–Crippen LogP) is 2.78. The summed E-state index contributed by atoms with van der Waals surface area (Å²) in [6, 6.07) is 7.77. The summed E-state index contributed by atoms with van der Waals surface area (Å²) in [6.45, 7) is 5.05. The van der Waals surface area contributed by atoms with Gasteiger partial charge in [0.1, 0.15) is 5.82 Å². The van der Waals surface area contributed by atoms with E-state index in [1.54, 1.807) is 25.6 Å². The zero-order valence-corrected chi connectivity index (χ0v) is 16.4. The predicted molar refractivity (Wildman–Crippen MR) is 106 cm³/mol. The van der Waals surface area contributed by atoms with Crippen LogP contribution in [0.5, 0.6) is 0 Å². The number of benzene rings is 1. The van der Waals surface area contributed by atoms with Crippen LogP contribution in [0.4, 0.5) is 0 Å². The molecule has 0 aliphatic carbocycles. The molecule has 7 heteroatoms. The highest BCUT2D eigenvalue weighted by atomic mass is 16.5. The van der Waals surface area contributed by atoms with Crippen LogP contribution in [0.1, 0.15) is 41.2 Å². The molecule has 28 heavy (non-hydrogen) atoms. The van der Waals surface area contributed by atoms with Crippen molar-refractivity contribution in [2.75, 3.05) is 13.7 Å². The highest BCUT2D eigenvalue weighted by Gasteiger charge is 2.14. The Morgan fingerprint density at radius 2 is 2.04 bits per heavy atom. The third kappa shape index (κ3) is 4.25. The first-order chi connectivity index (χ1) is 13.5. The Morgan fingerprint density at radius 3 is 2.68 bits per heavy atom. The molecule has 1 atom stereocenters. The molecule has 0 aliphatic heterocycles. The topological polar surface area (TPSA) is 103 Å². The van der Waals surface area contributed by atoms with Gasteiger partial charge in [-0.1, -0.05) is 0 Å². The average molecular weight is 376 g/mol. The fraction of sp³-hybridized carbons (Fsp3) is 0.333. The van der Waals surface area contributed by atoms with Gasteiger partial charge in [0.2, 0.25) is 0 Å². The lowest BCUT2D eigenvalue weighted by atomic mass is 10.0. The smallest absolute Gasteiger partial charge is 0.159 e. The lowest BCUT2D eigenvalue weighted by Gasteiger charge is -2.11. The number of imidazole rings is 1. The van der Waals surface area contributed by atoms with E-state index in [0.717, 1.165) is 34.6 Å².